The third kappa shape index (κ3) is 4.86. The number of halogens is 1. The maximum absolute atomic E-state index is 11.1. The van der Waals surface area contributed by atoms with Gasteiger partial charge in [-0.3, -0.25) is 4.79 Å². The third-order valence-electron chi connectivity index (χ3n) is 2.93. The fraction of sp³-hybridized carbons (Fsp3) is 0.0588. The van der Waals surface area contributed by atoms with E-state index in [0.717, 1.165) is 5.56 Å². The Hall–Kier alpha value is -2.79. The lowest BCUT2D eigenvalue weighted by molar-refractivity contribution is -0.146. The number of rotatable bonds is 6. The van der Waals surface area contributed by atoms with Gasteiger partial charge in [0.1, 0.15) is 18.1 Å². The number of ketones is 1. The third-order valence-corrected chi connectivity index (χ3v) is 3.18. The number of hydrogen-bond acceptors (Lipinski definition) is 4. The van der Waals surface area contributed by atoms with Crippen LogP contribution in [0.5, 0.6) is 5.75 Å². The van der Waals surface area contributed by atoms with Crippen LogP contribution in [0, 0.1) is 0 Å². The molecule has 0 aliphatic heterocycles. The average Bonchev–Trinajstić information content (AvgIpc) is 2.54. The van der Waals surface area contributed by atoms with Crippen molar-refractivity contribution in [3.05, 3.63) is 70.8 Å². The molecular formula is C17H13ClO5. The number of carbonyl (C=O) groups excluding carboxylic acids is 1. The van der Waals surface area contributed by atoms with Crippen molar-refractivity contribution >= 4 is 29.1 Å². The zero-order valence-electron chi connectivity index (χ0n) is 11.9. The van der Waals surface area contributed by atoms with E-state index in [2.05, 4.69) is 0 Å². The van der Waals surface area contributed by atoms with Crippen LogP contribution in [-0.4, -0.2) is 22.0 Å². The Kier molecular flexibility index (Phi) is 5.38. The maximum atomic E-state index is 11.1. The second-order valence-corrected chi connectivity index (χ2v) is 5.08. The van der Waals surface area contributed by atoms with Gasteiger partial charge in [-0.2, -0.15) is 0 Å². The summed E-state index contributed by atoms with van der Waals surface area (Å²) >= 11 is 5.80. The lowest BCUT2D eigenvalue weighted by Crippen LogP contribution is -2.09. The van der Waals surface area contributed by atoms with E-state index in [1.165, 1.54) is 12.1 Å². The lowest BCUT2D eigenvalue weighted by atomic mass is 10.1. The first-order valence-corrected chi connectivity index (χ1v) is 6.99. The van der Waals surface area contributed by atoms with Gasteiger partial charge in [0.05, 0.1) is 0 Å². The number of aliphatic carboxylic acids is 1. The Bertz CT molecular complexity index is 750. The molecule has 0 saturated heterocycles. The molecule has 0 amide bonds. The molecule has 2 aromatic carbocycles. The monoisotopic (exact) mass is 332 g/mol. The topological polar surface area (TPSA) is 83.8 Å². The lowest BCUT2D eigenvalue weighted by Gasteiger charge is -2.08. The van der Waals surface area contributed by atoms with Crippen LogP contribution in [0.4, 0.5) is 0 Å². The SMILES string of the molecule is O=C(O)C(=O)C=C(O)c1cccc(OCc2ccc(Cl)cc2)c1. The summed E-state index contributed by atoms with van der Waals surface area (Å²) in [6.07, 6.45) is 0.653. The number of aliphatic hydroxyl groups excluding tert-OH is 1. The molecule has 0 radical (unpaired) electrons. The minimum absolute atomic E-state index is 0.285. The highest BCUT2D eigenvalue weighted by molar-refractivity contribution is 6.38. The van der Waals surface area contributed by atoms with Crippen molar-refractivity contribution in [2.75, 3.05) is 0 Å². The van der Waals surface area contributed by atoms with Gasteiger partial charge >= 0.3 is 5.97 Å². The standard InChI is InChI=1S/C17H13ClO5/c18-13-6-4-11(5-7-13)10-23-14-3-1-2-12(8-14)15(19)9-16(20)17(21)22/h1-9,19H,10H2,(H,21,22). The number of carbonyl (C=O) groups is 2. The molecule has 0 aromatic heterocycles. The first-order valence-electron chi connectivity index (χ1n) is 6.61. The Morgan fingerprint density at radius 2 is 1.78 bits per heavy atom. The highest BCUT2D eigenvalue weighted by atomic mass is 35.5. The van der Waals surface area contributed by atoms with E-state index < -0.39 is 17.5 Å². The molecule has 0 atom stereocenters. The minimum Gasteiger partial charge on any atom is -0.507 e. The molecule has 2 N–H and O–H groups in total. The summed E-state index contributed by atoms with van der Waals surface area (Å²) in [7, 11) is 0. The minimum atomic E-state index is -1.63. The summed E-state index contributed by atoms with van der Waals surface area (Å²) in [6, 6.07) is 13.5. The molecule has 0 heterocycles. The number of carboxylic acid groups (broad SMARTS) is 1. The summed E-state index contributed by atoms with van der Waals surface area (Å²) in [5.41, 5.74) is 1.20. The summed E-state index contributed by atoms with van der Waals surface area (Å²) in [5, 5.41) is 18.9. The molecule has 6 heteroatoms. The molecule has 118 valence electrons. The predicted molar refractivity (Wildman–Crippen MR) is 85.5 cm³/mol. The highest BCUT2D eigenvalue weighted by Crippen LogP contribution is 2.20. The van der Waals surface area contributed by atoms with Gasteiger partial charge in [-0.1, -0.05) is 35.9 Å². The molecule has 0 unspecified atom stereocenters. The van der Waals surface area contributed by atoms with Gasteiger partial charge in [-0.05, 0) is 29.8 Å². The number of hydrogen-bond donors (Lipinski definition) is 2. The molecule has 0 fully saturated rings. The van der Waals surface area contributed by atoms with Crippen LogP contribution in [0.2, 0.25) is 5.02 Å². The van der Waals surface area contributed by atoms with Crippen LogP contribution in [0.1, 0.15) is 11.1 Å². The predicted octanol–water partition coefficient (Wildman–Crippen LogP) is 3.47. The van der Waals surface area contributed by atoms with E-state index in [0.29, 0.717) is 23.5 Å². The quantitative estimate of drug-likeness (QED) is 0.480. The Morgan fingerprint density at radius 1 is 1.09 bits per heavy atom. The summed E-state index contributed by atoms with van der Waals surface area (Å²) in [5.74, 6) is -2.80. The first-order chi connectivity index (χ1) is 11.0. The number of ether oxygens (including phenoxy) is 1. The number of carboxylic acids is 1. The van der Waals surface area contributed by atoms with Gasteiger partial charge in [-0.25, -0.2) is 4.79 Å². The number of aliphatic hydroxyl groups is 1. The molecule has 0 aliphatic carbocycles. The molecule has 2 rings (SSSR count). The van der Waals surface area contributed by atoms with Crippen molar-refractivity contribution in [3.63, 3.8) is 0 Å². The van der Waals surface area contributed by atoms with Crippen molar-refractivity contribution in [2.45, 2.75) is 6.61 Å². The zero-order chi connectivity index (χ0) is 16.8. The normalized spacial score (nSPS) is 11.1. The van der Waals surface area contributed by atoms with Crippen LogP contribution in [0.15, 0.2) is 54.6 Å². The molecule has 0 aliphatic rings. The molecule has 0 bridgehead atoms. The number of benzene rings is 2. The molecule has 0 saturated carbocycles. The fourth-order valence-corrected chi connectivity index (χ4v) is 1.89. The molecule has 2 aromatic rings. The van der Waals surface area contributed by atoms with E-state index in [-0.39, 0.29) is 5.56 Å². The Morgan fingerprint density at radius 3 is 2.43 bits per heavy atom. The smallest absolute Gasteiger partial charge is 0.376 e. The maximum Gasteiger partial charge on any atom is 0.376 e. The molecule has 5 nitrogen and oxygen atoms in total. The Labute approximate surface area is 137 Å². The first kappa shape index (κ1) is 16.6. The molecule has 0 spiro atoms. The van der Waals surface area contributed by atoms with Gasteiger partial charge in [0.15, 0.2) is 0 Å². The summed E-state index contributed by atoms with van der Waals surface area (Å²) < 4.78 is 5.59. The van der Waals surface area contributed by atoms with Crippen molar-refractivity contribution < 1.29 is 24.5 Å². The van der Waals surface area contributed by atoms with Crippen LogP contribution in [0.3, 0.4) is 0 Å². The van der Waals surface area contributed by atoms with Gasteiger partial charge in [0.25, 0.3) is 5.78 Å². The zero-order valence-corrected chi connectivity index (χ0v) is 12.7. The molecule has 23 heavy (non-hydrogen) atoms. The van der Waals surface area contributed by atoms with Crippen LogP contribution in [-0.2, 0) is 16.2 Å². The Balaban J connectivity index is 2.09. The van der Waals surface area contributed by atoms with Crippen molar-refractivity contribution in [1.29, 1.82) is 0 Å². The van der Waals surface area contributed by atoms with Crippen LogP contribution >= 0.6 is 11.6 Å². The van der Waals surface area contributed by atoms with E-state index in [1.54, 1.807) is 24.3 Å². The fourth-order valence-electron chi connectivity index (χ4n) is 1.76. The van der Waals surface area contributed by atoms with Crippen molar-refractivity contribution in [1.82, 2.24) is 0 Å². The second-order valence-electron chi connectivity index (χ2n) is 4.64. The van der Waals surface area contributed by atoms with Crippen molar-refractivity contribution in [3.8, 4) is 5.75 Å². The molecular weight excluding hydrogens is 320 g/mol. The van der Waals surface area contributed by atoms with Crippen LogP contribution < -0.4 is 4.74 Å². The van der Waals surface area contributed by atoms with Gasteiger partial charge in [0, 0.05) is 16.7 Å². The van der Waals surface area contributed by atoms with E-state index in [9.17, 15) is 14.7 Å². The summed E-state index contributed by atoms with van der Waals surface area (Å²) in [4.78, 5) is 21.5. The van der Waals surface area contributed by atoms with Crippen LogP contribution in [0.25, 0.3) is 5.76 Å². The van der Waals surface area contributed by atoms with Crippen molar-refractivity contribution in [2.24, 2.45) is 0 Å². The van der Waals surface area contributed by atoms with E-state index in [4.69, 9.17) is 21.4 Å². The van der Waals surface area contributed by atoms with Gasteiger partial charge in [0.2, 0.25) is 0 Å². The van der Waals surface area contributed by atoms with E-state index >= 15 is 0 Å². The highest BCUT2D eigenvalue weighted by Gasteiger charge is 2.11. The second kappa shape index (κ2) is 7.47. The van der Waals surface area contributed by atoms with E-state index in [1.807, 2.05) is 12.1 Å². The van der Waals surface area contributed by atoms with Gasteiger partial charge in [-0.15, -0.1) is 0 Å². The average molecular weight is 333 g/mol. The largest absolute Gasteiger partial charge is 0.507 e. The van der Waals surface area contributed by atoms with Gasteiger partial charge < -0.3 is 14.9 Å². The summed E-state index contributed by atoms with van der Waals surface area (Å²) in [6.45, 7) is 0.305.